The first kappa shape index (κ1) is 24.3. The lowest BCUT2D eigenvalue weighted by Gasteiger charge is -2.25. The summed E-state index contributed by atoms with van der Waals surface area (Å²) in [5.74, 6) is -0.0930. The van der Waals surface area contributed by atoms with Gasteiger partial charge in [-0.15, -0.1) is 0 Å². The van der Waals surface area contributed by atoms with Gasteiger partial charge < -0.3 is 20.1 Å². The van der Waals surface area contributed by atoms with Gasteiger partial charge in [-0.3, -0.25) is 14.5 Å². The summed E-state index contributed by atoms with van der Waals surface area (Å²) in [6.45, 7) is 0.555. The summed E-state index contributed by atoms with van der Waals surface area (Å²) < 4.78 is 10.6. The molecule has 3 aromatic rings. The number of methoxy groups -OCH3 is 1. The highest BCUT2D eigenvalue weighted by Crippen LogP contribution is 2.24. The molecule has 0 unspecified atom stereocenters. The van der Waals surface area contributed by atoms with E-state index in [1.807, 2.05) is 41.1 Å². The zero-order chi connectivity index (χ0) is 24.6. The van der Waals surface area contributed by atoms with Crippen molar-refractivity contribution in [1.29, 1.82) is 0 Å². The molecule has 0 bridgehead atoms. The van der Waals surface area contributed by atoms with E-state index >= 15 is 0 Å². The van der Waals surface area contributed by atoms with Gasteiger partial charge >= 0.3 is 6.09 Å². The van der Waals surface area contributed by atoms with E-state index < -0.39 is 18.2 Å². The third kappa shape index (κ3) is 6.19. The second-order valence-electron chi connectivity index (χ2n) is 8.11. The molecule has 9 heteroatoms. The van der Waals surface area contributed by atoms with Gasteiger partial charge in [0.1, 0.15) is 24.4 Å². The first-order valence-electron chi connectivity index (χ1n) is 11.3. The molecule has 4 rings (SSSR count). The highest BCUT2D eigenvalue weighted by atomic mass is 32.1. The predicted molar refractivity (Wildman–Crippen MR) is 133 cm³/mol. The first-order valence-corrected chi connectivity index (χ1v) is 12.2. The highest BCUT2D eigenvalue weighted by molar-refractivity contribution is 7.08. The summed E-state index contributed by atoms with van der Waals surface area (Å²) in [5, 5.41) is 9.35. The van der Waals surface area contributed by atoms with Gasteiger partial charge in [-0.2, -0.15) is 11.3 Å². The summed E-state index contributed by atoms with van der Waals surface area (Å²) in [6, 6.07) is 16.5. The van der Waals surface area contributed by atoms with Crippen molar-refractivity contribution in [2.24, 2.45) is 0 Å². The number of carbonyl (C=O) groups excluding carboxylic acids is 3. The number of nitrogens with zero attached hydrogens (tertiary/aromatic N) is 1. The Morgan fingerprint density at radius 3 is 2.54 bits per heavy atom. The average molecular weight is 494 g/mol. The molecule has 0 radical (unpaired) electrons. The number of hydrogen-bond donors (Lipinski definition) is 2. The second-order valence-corrected chi connectivity index (χ2v) is 8.89. The van der Waals surface area contributed by atoms with Crippen LogP contribution in [0.2, 0.25) is 0 Å². The monoisotopic (exact) mass is 493 g/mol. The van der Waals surface area contributed by atoms with E-state index in [0.29, 0.717) is 36.4 Å². The number of thiophene rings is 1. The summed E-state index contributed by atoms with van der Waals surface area (Å²) >= 11 is 1.43. The molecule has 0 saturated carbocycles. The van der Waals surface area contributed by atoms with Gasteiger partial charge in [0.05, 0.1) is 7.11 Å². The zero-order valence-corrected chi connectivity index (χ0v) is 20.1. The largest absolute Gasteiger partial charge is 0.497 e. The van der Waals surface area contributed by atoms with Crippen molar-refractivity contribution >= 4 is 34.9 Å². The lowest BCUT2D eigenvalue weighted by Crippen LogP contribution is -2.48. The summed E-state index contributed by atoms with van der Waals surface area (Å²) in [5.41, 5.74) is 2.12. The average Bonchev–Trinajstić information content (AvgIpc) is 3.59. The topological polar surface area (TPSA) is 97.0 Å². The third-order valence-corrected chi connectivity index (χ3v) is 6.48. The molecule has 182 valence electrons. The molecule has 2 N–H and O–H groups in total. The Labute approximate surface area is 207 Å². The lowest BCUT2D eigenvalue weighted by atomic mass is 10.1. The van der Waals surface area contributed by atoms with E-state index in [9.17, 15) is 14.4 Å². The fourth-order valence-electron chi connectivity index (χ4n) is 3.93. The molecule has 1 fully saturated rings. The van der Waals surface area contributed by atoms with Gasteiger partial charge in [0.25, 0.3) is 5.91 Å². The van der Waals surface area contributed by atoms with Crippen molar-refractivity contribution in [3.05, 3.63) is 82.6 Å². The standard InChI is InChI=1S/C26H27N3O5S/c1-33-21-11-9-20(10-12-21)27-25(31)23(19-13-15-35-17-19)28-24(30)22-8-5-14-29(22)26(32)34-16-18-6-3-2-4-7-18/h2-4,6-7,9-13,15,17,22-23H,5,8,14,16H2,1H3,(H,27,31)(H,28,30)/t22-,23-/m0/s1. The minimum absolute atomic E-state index is 0.131. The van der Waals surface area contributed by atoms with E-state index in [0.717, 1.165) is 5.56 Å². The fraction of sp³-hybridized carbons (Fsp3) is 0.269. The number of ether oxygens (including phenoxy) is 2. The summed E-state index contributed by atoms with van der Waals surface area (Å²) in [6.07, 6.45) is 0.642. The van der Waals surface area contributed by atoms with Crippen molar-refractivity contribution in [3.8, 4) is 5.75 Å². The van der Waals surface area contributed by atoms with Crippen LogP contribution in [0.25, 0.3) is 0 Å². The molecule has 1 aliphatic heterocycles. The molecule has 35 heavy (non-hydrogen) atoms. The second kappa shape index (κ2) is 11.5. The quantitative estimate of drug-likeness (QED) is 0.486. The van der Waals surface area contributed by atoms with E-state index in [1.165, 1.54) is 16.2 Å². The Morgan fingerprint density at radius 1 is 1.09 bits per heavy atom. The highest BCUT2D eigenvalue weighted by Gasteiger charge is 2.37. The number of benzene rings is 2. The van der Waals surface area contributed by atoms with Crippen LogP contribution in [-0.2, 0) is 20.9 Å². The van der Waals surface area contributed by atoms with Gasteiger partial charge in [0.15, 0.2) is 0 Å². The van der Waals surface area contributed by atoms with Crippen LogP contribution in [0.4, 0.5) is 10.5 Å². The van der Waals surface area contributed by atoms with Crippen molar-refractivity contribution in [2.45, 2.75) is 31.5 Å². The molecule has 8 nitrogen and oxygen atoms in total. The van der Waals surface area contributed by atoms with Crippen LogP contribution in [0.15, 0.2) is 71.4 Å². The zero-order valence-electron chi connectivity index (χ0n) is 19.3. The molecule has 0 aliphatic carbocycles. The summed E-state index contributed by atoms with van der Waals surface area (Å²) in [7, 11) is 1.57. The van der Waals surface area contributed by atoms with Crippen LogP contribution < -0.4 is 15.4 Å². The van der Waals surface area contributed by atoms with E-state index in [-0.39, 0.29) is 18.4 Å². The van der Waals surface area contributed by atoms with Gasteiger partial charge in [-0.25, -0.2) is 4.79 Å². The van der Waals surface area contributed by atoms with Crippen molar-refractivity contribution in [2.75, 3.05) is 19.0 Å². The van der Waals surface area contributed by atoms with Crippen LogP contribution in [0, 0.1) is 0 Å². The number of nitrogens with one attached hydrogen (secondary N) is 2. The maximum atomic E-state index is 13.2. The smallest absolute Gasteiger partial charge is 0.410 e. The first-order chi connectivity index (χ1) is 17.0. The number of amides is 3. The Hall–Kier alpha value is -3.85. The van der Waals surface area contributed by atoms with Crippen molar-refractivity contribution < 1.29 is 23.9 Å². The number of likely N-dealkylation sites (tertiary alicyclic amines) is 1. The Kier molecular flexibility index (Phi) is 7.99. The van der Waals surface area contributed by atoms with Gasteiger partial charge in [0, 0.05) is 12.2 Å². The number of anilines is 1. The Morgan fingerprint density at radius 2 is 1.86 bits per heavy atom. The normalized spacial score (nSPS) is 15.8. The minimum atomic E-state index is -0.904. The molecule has 2 aromatic carbocycles. The van der Waals surface area contributed by atoms with E-state index in [4.69, 9.17) is 9.47 Å². The molecule has 3 amide bonds. The predicted octanol–water partition coefficient (Wildman–Crippen LogP) is 4.35. The molecule has 2 heterocycles. The number of hydrogen-bond acceptors (Lipinski definition) is 6. The number of rotatable bonds is 8. The Bertz CT molecular complexity index is 1140. The molecule has 1 saturated heterocycles. The summed E-state index contributed by atoms with van der Waals surface area (Å²) in [4.78, 5) is 40.5. The van der Waals surface area contributed by atoms with Crippen LogP contribution in [0.3, 0.4) is 0 Å². The van der Waals surface area contributed by atoms with E-state index in [2.05, 4.69) is 10.6 Å². The minimum Gasteiger partial charge on any atom is -0.497 e. The van der Waals surface area contributed by atoms with E-state index in [1.54, 1.807) is 37.4 Å². The SMILES string of the molecule is COc1ccc(NC(=O)[C@@H](NC(=O)[C@@H]2CCCN2C(=O)OCc2ccccc2)c2ccsc2)cc1. The van der Waals surface area contributed by atoms with Crippen LogP contribution in [0.1, 0.15) is 30.0 Å². The van der Waals surface area contributed by atoms with Crippen LogP contribution in [0.5, 0.6) is 5.75 Å². The molecule has 2 atom stereocenters. The van der Waals surface area contributed by atoms with Crippen molar-refractivity contribution in [3.63, 3.8) is 0 Å². The van der Waals surface area contributed by atoms with Crippen LogP contribution in [-0.4, -0.2) is 42.5 Å². The molecule has 1 aliphatic rings. The Balaban J connectivity index is 1.42. The van der Waals surface area contributed by atoms with Gasteiger partial charge in [0.2, 0.25) is 5.91 Å². The maximum absolute atomic E-state index is 13.2. The van der Waals surface area contributed by atoms with Crippen LogP contribution >= 0.6 is 11.3 Å². The maximum Gasteiger partial charge on any atom is 0.410 e. The molecular weight excluding hydrogens is 466 g/mol. The molecule has 0 spiro atoms. The van der Waals surface area contributed by atoms with Gasteiger partial charge in [-0.05, 0) is 65.1 Å². The lowest BCUT2D eigenvalue weighted by molar-refractivity contribution is -0.129. The van der Waals surface area contributed by atoms with Gasteiger partial charge in [-0.1, -0.05) is 30.3 Å². The number of carbonyl (C=O) groups is 3. The molecular formula is C26H27N3O5S. The fourth-order valence-corrected chi connectivity index (χ4v) is 4.61. The third-order valence-electron chi connectivity index (χ3n) is 5.78. The molecule has 1 aromatic heterocycles. The van der Waals surface area contributed by atoms with Crippen molar-refractivity contribution in [1.82, 2.24) is 10.2 Å².